The molecule has 0 N–H and O–H groups in total. The Hall–Kier alpha value is -3.82. The van der Waals surface area contributed by atoms with Crippen molar-refractivity contribution in [3.8, 4) is 5.75 Å². The summed E-state index contributed by atoms with van der Waals surface area (Å²) in [5.74, 6) is 3.06. The van der Waals surface area contributed by atoms with Crippen LogP contribution in [0.4, 0.5) is 5.69 Å². The lowest BCUT2D eigenvalue weighted by Crippen LogP contribution is -2.44. The molecule has 1 aromatic carbocycles. The van der Waals surface area contributed by atoms with Gasteiger partial charge >= 0.3 is 0 Å². The predicted octanol–water partition coefficient (Wildman–Crippen LogP) is 8.48. The van der Waals surface area contributed by atoms with E-state index in [1.807, 2.05) is 19.2 Å². The van der Waals surface area contributed by atoms with Gasteiger partial charge in [0.1, 0.15) is 17.2 Å². The fourth-order valence-corrected chi connectivity index (χ4v) is 8.44. The van der Waals surface area contributed by atoms with Gasteiger partial charge in [-0.1, -0.05) is 26.8 Å². The minimum absolute atomic E-state index is 0.0999. The van der Waals surface area contributed by atoms with Crippen molar-refractivity contribution in [1.29, 1.82) is 0 Å². The smallest absolute Gasteiger partial charge is 0.192 e. The summed E-state index contributed by atoms with van der Waals surface area (Å²) in [6.45, 7) is 14.5. The summed E-state index contributed by atoms with van der Waals surface area (Å²) in [5.41, 5.74) is 7.65. The SMILES string of the molecule is COc1cc(C2CC2c2nccc(C)n2)nc2cc(N3C[C@@H](O[Si](C)(C)C(C)(C)C)C[C@@H]3c3cn4cc(C5CC5)ccc4n3)ccc12. The number of hydrogen-bond acceptors (Lipinski definition) is 7. The lowest BCUT2D eigenvalue weighted by Gasteiger charge is -2.38. The van der Waals surface area contributed by atoms with E-state index in [1.165, 1.54) is 18.4 Å². The number of anilines is 1. The second kappa shape index (κ2) is 11.1. The number of aromatic nitrogens is 5. The summed E-state index contributed by atoms with van der Waals surface area (Å²) in [7, 11) is -0.227. The van der Waals surface area contributed by atoms with Gasteiger partial charge in [0.05, 0.1) is 30.5 Å². The van der Waals surface area contributed by atoms with E-state index in [0.717, 1.165) is 70.3 Å². The summed E-state index contributed by atoms with van der Waals surface area (Å²) < 4.78 is 15.2. The van der Waals surface area contributed by atoms with Gasteiger partial charge in [-0.15, -0.1) is 0 Å². The minimum atomic E-state index is -1.97. The highest BCUT2D eigenvalue weighted by atomic mass is 28.4. The van der Waals surface area contributed by atoms with E-state index in [-0.39, 0.29) is 17.2 Å². The Morgan fingerprint density at radius 2 is 1.72 bits per heavy atom. The van der Waals surface area contributed by atoms with E-state index in [0.29, 0.717) is 17.8 Å². The van der Waals surface area contributed by atoms with Crippen molar-refractivity contribution in [2.45, 2.75) is 101 Å². The third-order valence-electron chi connectivity index (χ3n) is 11.1. The first-order chi connectivity index (χ1) is 22.5. The van der Waals surface area contributed by atoms with Gasteiger partial charge in [-0.3, -0.25) is 4.98 Å². The number of pyridine rings is 2. The van der Waals surface area contributed by atoms with Crippen LogP contribution in [0.1, 0.15) is 98.7 Å². The number of nitrogens with zero attached hydrogens (tertiary/aromatic N) is 6. The second-order valence-corrected chi connectivity index (χ2v) is 20.3. The molecule has 2 unspecified atom stereocenters. The second-order valence-electron chi connectivity index (χ2n) is 15.5. The van der Waals surface area contributed by atoms with Gasteiger partial charge in [0.15, 0.2) is 8.32 Å². The molecular formula is C38H46N6O2Si. The zero-order valence-electron chi connectivity index (χ0n) is 28.7. The number of aryl methyl sites for hydroxylation is 1. The van der Waals surface area contributed by atoms with Gasteiger partial charge in [0, 0.05) is 71.9 Å². The van der Waals surface area contributed by atoms with Crippen molar-refractivity contribution in [2.75, 3.05) is 18.6 Å². The molecule has 9 heteroatoms. The monoisotopic (exact) mass is 646 g/mol. The van der Waals surface area contributed by atoms with Gasteiger partial charge < -0.3 is 18.5 Å². The molecule has 0 bridgehead atoms. The number of fused-ring (bicyclic) bond motifs is 2. The summed E-state index contributed by atoms with van der Waals surface area (Å²) in [4.78, 5) is 22.2. The first-order valence-electron chi connectivity index (χ1n) is 17.2. The number of methoxy groups -OCH3 is 1. The van der Waals surface area contributed by atoms with Crippen LogP contribution in [0.15, 0.2) is 61.1 Å². The van der Waals surface area contributed by atoms with Crippen LogP contribution in [0.2, 0.25) is 18.1 Å². The van der Waals surface area contributed by atoms with Crippen LogP contribution in [0.3, 0.4) is 0 Å². The number of rotatable bonds is 8. The molecule has 2 aliphatic carbocycles. The van der Waals surface area contributed by atoms with Crippen molar-refractivity contribution in [3.05, 3.63) is 89.5 Å². The van der Waals surface area contributed by atoms with Crippen LogP contribution < -0.4 is 9.64 Å². The van der Waals surface area contributed by atoms with Crippen LogP contribution in [0.25, 0.3) is 16.6 Å². The van der Waals surface area contributed by atoms with Crippen molar-refractivity contribution in [1.82, 2.24) is 24.3 Å². The van der Waals surface area contributed by atoms with Crippen LogP contribution in [0, 0.1) is 6.92 Å². The summed E-state index contributed by atoms with van der Waals surface area (Å²) in [6, 6.07) is 15.2. The molecule has 4 atom stereocenters. The molecule has 3 fully saturated rings. The molecule has 1 aliphatic heterocycles. The number of hydrogen-bond donors (Lipinski definition) is 0. The Morgan fingerprint density at radius 1 is 0.894 bits per heavy atom. The predicted molar refractivity (Wildman–Crippen MR) is 189 cm³/mol. The molecule has 4 aromatic heterocycles. The zero-order valence-corrected chi connectivity index (χ0v) is 29.7. The van der Waals surface area contributed by atoms with Crippen LogP contribution in [-0.4, -0.2) is 52.4 Å². The highest BCUT2D eigenvalue weighted by Gasteiger charge is 2.45. The van der Waals surface area contributed by atoms with Gasteiger partial charge in [-0.05, 0) is 86.1 Å². The van der Waals surface area contributed by atoms with Crippen molar-refractivity contribution >= 4 is 30.6 Å². The first-order valence-corrected chi connectivity index (χ1v) is 20.1. The molecule has 1 saturated heterocycles. The van der Waals surface area contributed by atoms with Crippen molar-refractivity contribution in [2.24, 2.45) is 0 Å². The van der Waals surface area contributed by atoms with Gasteiger partial charge in [0.25, 0.3) is 0 Å². The number of benzene rings is 1. The Labute approximate surface area is 278 Å². The Kier molecular flexibility index (Phi) is 7.22. The van der Waals surface area contributed by atoms with Gasteiger partial charge in [-0.25, -0.2) is 15.0 Å². The topological polar surface area (TPSA) is 77.7 Å². The highest BCUT2D eigenvalue weighted by Crippen LogP contribution is 2.54. The first kappa shape index (κ1) is 30.5. The molecule has 0 spiro atoms. The largest absolute Gasteiger partial charge is 0.496 e. The van der Waals surface area contributed by atoms with Crippen LogP contribution >= 0.6 is 0 Å². The maximum atomic E-state index is 7.06. The Bertz CT molecular complexity index is 1980. The van der Waals surface area contributed by atoms with E-state index in [9.17, 15) is 0 Å². The standard InChI is InChI=1S/C38H46N6O2Si/c1-23-14-15-39-37(40-23)30-18-29(30)32-19-35(45-5)28-12-11-26(16-31(28)41-32)44-21-27(46-47(6,7)38(2,3)4)17-34(44)33-22-43-20-25(24-8-9-24)10-13-36(43)42-33/h10-16,19-20,22,24,27,29-30,34H,8-9,17-18,21H2,1-7H3/t27-,29?,30?,34+/m0/s1. The normalized spacial score (nSPS) is 23.2. The quantitative estimate of drug-likeness (QED) is 0.157. The maximum absolute atomic E-state index is 7.06. The maximum Gasteiger partial charge on any atom is 0.192 e. The fraction of sp³-hybridized carbons (Fsp3) is 0.474. The van der Waals surface area contributed by atoms with Crippen molar-refractivity contribution < 1.29 is 9.16 Å². The Balaban J connectivity index is 1.15. The van der Waals surface area contributed by atoms with E-state index < -0.39 is 8.32 Å². The number of ether oxygens (including phenoxy) is 1. The lowest BCUT2D eigenvalue weighted by atomic mass is 10.1. The van der Waals surface area contributed by atoms with Crippen LogP contribution in [-0.2, 0) is 4.43 Å². The summed E-state index contributed by atoms with van der Waals surface area (Å²) in [6.07, 6.45) is 11.0. The third-order valence-corrected chi connectivity index (χ3v) is 15.6. The molecule has 47 heavy (non-hydrogen) atoms. The molecule has 3 aliphatic rings. The molecule has 0 radical (unpaired) electrons. The lowest BCUT2D eigenvalue weighted by molar-refractivity contribution is 0.198. The fourth-order valence-electron chi connectivity index (χ4n) is 7.09. The molecular weight excluding hydrogens is 601 g/mol. The molecule has 8 rings (SSSR count). The Morgan fingerprint density at radius 3 is 2.47 bits per heavy atom. The average Bonchev–Trinajstić information content (AvgIpc) is 3.96. The van der Waals surface area contributed by atoms with Gasteiger partial charge in [0.2, 0.25) is 0 Å². The van der Waals surface area contributed by atoms with E-state index >= 15 is 0 Å². The summed E-state index contributed by atoms with van der Waals surface area (Å²) in [5, 5.41) is 1.16. The summed E-state index contributed by atoms with van der Waals surface area (Å²) >= 11 is 0. The highest BCUT2D eigenvalue weighted by molar-refractivity contribution is 6.74. The molecule has 5 aromatic rings. The van der Waals surface area contributed by atoms with Crippen LogP contribution in [0.5, 0.6) is 5.75 Å². The van der Waals surface area contributed by atoms with E-state index in [4.69, 9.17) is 24.1 Å². The molecule has 0 amide bonds. The van der Waals surface area contributed by atoms with E-state index in [2.05, 4.69) is 96.9 Å². The average molecular weight is 647 g/mol. The molecule has 8 nitrogen and oxygen atoms in total. The third kappa shape index (κ3) is 5.71. The molecule has 244 valence electrons. The molecule has 5 heterocycles. The van der Waals surface area contributed by atoms with E-state index in [1.54, 1.807) is 7.11 Å². The van der Waals surface area contributed by atoms with Crippen molar-refractivity contribution in [3.63, 3.8) is 0 Å². The van der Waals surface area contributed by atoms with Gasteiger partial charge in [-0.2, -0.15) is 0 Å². The molecule has 2 saturated carbocycles. The number of imidazole rings is 1. The zero-order chi connectivity index (χ0) is 32.7. The minimum Gasteiger partial charge on any atom is -0.496 e.